The molecular formula is C10H13N3O2. The summed E-state index contributed by atoms with van der Waals surface area (Å²) in [5.41, 5.74) is -1.67. The Labute approximate surface area is 95.0 Å². The first-order chi connectivity index (χ1) is 9.56. The number of aromatic nitrogens is 3. The maximum atomic E-state index is 12.1. The van der Waals surface area contributed by atoms with Crippen molar-refractivity contribution in [2.45, 2.75) is 12.4 Å². The van der Waals surface area contributed by atoms with Crippen molar-refractivity contribution < 1.29 is 8.22 Å². The molecule has 0 aliphatic heterocycles. The van der Waals surface area contributed by atoms with Crippen LogP contribution in [0.4, 0.5) is 0 Å². The normalized spacial score (nSPS) is 37.9. The van der Waals surface area contributed by atoms with Crippen LogP contribution in [0.15, 0.2) is 33.8 Å². The van der Waals surface area contributed by atoms with Gasteiger partial charge >= 0.3 is 11.4 Å². The highest BCUT2D eigenvalue weighted by atomic mass is 16.2. The predicted molar refractivity (Wildman–Crippen MR) is 56.8 cm³/mol. The van der Waals surface area contributed by atoms with Gasteiger partial charge in [0.1, 0.15) is 0 Å². The Balaban J connectivity index is 2.90. The summed E-state index contributed by atoms with van der Waals surface area (Å²) in [5.74, 6) is 0. The fraction of sp³-hybridized carbons (Fsp3) is 0.400. The van der Waals surface area contributed by atoms with E-state index in [1.807, 2.05) is 0 Å². The Hall–Kier alpha value is -1.78. The van der Waals surface area contributed by atoms with E-state index >= 15 is 0 Å². The topological polar surface area (TPSA) is 48.9 Å². The van der Waals surface area contributed by atoms with E-state index in [0.717, 1.165) is 4.68 Å². The summed E-state index contributed by atoms with van der Waals surface area (Å²) in [6.45, 7) is 0. The van der Waals surface area contributed by atoms with Gasteiger partial charge < -0.3 is 0 Å². The van der Waals surface area contributed by atoms with Crippen molar-refractivity contribution in [1.29, 1.82) is 0 Å². The molecule has 80 valence electrons. The molecule has 1 heterocycles. The second-order valence-corrected chi connectivity index (χ2v) is 3.01. The zero-order valence-electron chi connectivity index (χ0n) is 14.2. The second-order valence-electron chi connectivity index (χ2n) is 3.01. The number of rotatable bonds is 1. The highest BCUT2D eigenvalue weighted by Gasteiger charge is 2.16. The predicted octanol–water partition coefficient (Wildman–Crippen LogP) is -0.0573. The number of nitrogens with zero attached hydrogens (tertiary/aromatic N) is 3. The molecule has 0 saturated carbocycles. The van der Waals surface area contributed by atoms with Crippen LogP contribution in [-0.2, 0) is 14.1 Å². The van der Waals surface area contributed by atoms with Crippen LogP contribution in [0, 0.1) is 0 Å². The second kappa shape index (κ2) is 3.42. The van der Waals surface area contributed by atoms with Gasteiger partial charge in [-0.15, -0.1) is 0 Å². The zero-order valence-corrected chi connectivity index (χ0v) is 8.24. The maximum Gasteiger partial charge on any atom is 0.347 e. The molecule has 0 N–H and O–H groups in total. The van der Waals surface area contributed by atoms with Crippen LogP contribution in [0.3, 0.4) is 0 Å². The van der Waals surface area contributed by atoms with Crippen LogP contribution in [0.1, 0.15) is 20.6 Å². The van der Waals surface area contributed by atoms with Crippen molar-refractivity contribution in [2.24, 2.45) is 14.1 Å². The summed E-state index contributed by atoms with van der Waals surface area (Å²) in [6.07, 6.45) is -1.77. The molecule has 0 unspecified atom stereocenters. The van der Waals surface area contributed by atoms with Gasteiger partial charge in [0, 0.05) is 15.5 Å². The first-order valence-electron chi connectivity index (χ1n) is 7.28. The largest absolute Gasteiger partial charge is 0.347 e. The smallest absolute Gasteiger partial charge is 0.246 e. The summed E-state index contributed by atoms with van der Waals surface area (Å²) in [7, 11) is 2.39. The molecule has 0 spiro atoms. The third-order valence-electron chi connectivity index (χ3n) is 2.09. The molecular weight excluding hydrogens is 194 g/mol. The minimum Gasteiger partial charge on any atom is -0.246 e. The first kappa shape index (κ1) is 4.83. The minimum atomic E-state index is -2.44. The van der Waals surface area contributed by atoms with Gasteiger partial charge in [0.05, 0.1) is 12.9 Å². The SMILES string of the molecule is [2H]C1=C([2H])[C@H]([2H])[C@]([2H])(n2c(=O)n(C)c(=O)n2C)C([2H])=C1[2H]. The lowest BCUT2D eigenvalue weighted by Gasteiger charge is -2.15. The molecule has 5 heteroatoms. The summed E-state index contributed by atoms with van der Waals surface area (Å²) in [5, 5.41) is 0. The van der Waals surface area contributed by atoms with Gasteiger partial charge in [0.2, 0.25) is 0 Å². The van der Waals surface area contributed by atoms with E-state index in [4.69, 9.17) is 8.22 Å². The number of hydrogen-bond acceptors (Lipinski definition) is 2. The van der Waals surface area contributed by atoms with Crippen molar-refractivity contribution in [3.8, 4) is 0 Å². The molecule has 0 fully saturated rings. The monoisotopic (exact) mass is 213 g/mol. The van der Waals surface area contributed by atoms with E-state index in [9.17, 15) is 9.59 Å². The van der Waals surface area contributed by atoms with Gasteiger partial charge in [-0.3, -0.25) is 0 Å². The van der Waals surface area contributed by atoms with Crippen LogP contribution in [0.25, 0.3) is 0 Å². The van der Waals surface area contributed by atoms with Crippen molar-refractivity contribution in [2.75, 3.05) is 0 Å². The van der Waals surface area contributed by atoms with E-state index in [1.165, 1.54) is 14.1 Å². The Bertz CT molecular complexity index is 801. The van der Waals surface area contributed by atoms with Crippen LogP contribution < -0.4 is 11.4 Å². The van der Waals surface area contributed by atoms with Crippen molar-refractivity contribution in [1.82, 2.24) is 13.9 Å². The lowest BCUT2D eigenvalue weighted by Crippen LogP contribution is -2.29. The van der Waals surface area contributed by atoms with E-state index in [-0.39, 0.29) is 0 Å². The van der Waals surface area contributed by atoms with E-state index in [1.54, 1.807) is 0 Å². The van der Waals surface area contributed by atoms with Gasteiger partial charge in [0.15, 0.2) is 0 Å². The molecule has 0 bridgehead atoms. The van der Waals surface area contributed by atoms with Gasteiger partial charge in [-0.1, -0.05) is 24.2 Å². The Morgan fingerprint density at radius 1 is 1.47 bits per heavy atom. The van der Waals surface area contributed by atoms with E-state index in [2.05, 4.69) is 0 Å². The molecule has 1 aromatic rings. The highest BCUT2D eigenvalue weighted by Crippen LogP contribution is 2.14. The average molecular weight is 213 g/mol. The Morgan fingerprint density at radius 3 is 2.80 bits per heavy atom. The summed E-state index contributed by atoms with van der Waals surface area (Å²) < 4.78 is 48.9. The standard InChI is InChI=1S/C10H13N3O2/c1-11-9(14)12(2)13(10(11)15)8-6-4-3-5-7-8/h3-6,8H,7H2,1-2H3/t8-/m1/s1/i3D,4D,5D,6D,7D,8D/t7-,8+/m0. The minimum absolute atomic E-state index is 0.574. The van der Waals surface area contributed by atoms with Crippen LogP contribution in [-0.4, -0.2) is 13.9 Å². The zero-order chi connectivity index (χ0) is 16.3. The third-order valence-corrected chi connectivity index (χ3v) is 2.09. The Kier molecular flexibility index (Phi) is 1.10. The summed E-state index contributed by atoms with van der Waals surface area (Å²) >= 11 is 0. The lowest BCUT2D eigenvalue weighted by atomic mass is 10.1. The molecule has 0 saturated heterocycles. The van der Waals surface area contributed by atoms with Crippen molar-refractivity contribution >= 4 is 0 Å². The molecule has 5 nitrogen and oxygen atoms in total. The van der Waals surface area contributed by atoms with Crippen molar-refractivity contribution in [3.05, 3.63) is 45.2 Å². The summed E-state index contributed by atoms with van der Waals surface area (Å²) in [6, 6.07) is -5.19. The van der Waals surface area contributed by atoms with Gasteiger partial charge in [-0.05, 0) is 6.40 Å². The average Bonchev–Trinajstić information content (AvgIpc) is 2.65. The Morgan fingerprint density at radius 2 is 2.20 bits per heavy atom. The fourth-order valence-corrected chi connectivity index (χ4v) is 1.31. The van der Waals surface area contributed by atoms with Gasteiger partial charge in [0.25, 0.3) is 0 Å². The quantitative estimate of drug-likeness (QED) is 0.656. The number of hydrogen-bond donors (Lipinski definition) is 0. The molecule has 1 aromatic heterocycles. The molecule has 1 aliphatic rings. The highest BCUT2D eigenvalue weighted by molar-refractivity contribution is 5.12. The molecule has 2 rings (SSSR count). The maximum absolute atomic E-state index is 12.1. The van der Waals surface area contributed by atoms with E-state index in [0.29, 0.717) is 9.25 Å². The fourth-order valence-electron chi connectivity index (χ4n) is 1.31. The molecule has 0 radical (unpaired) electrons. The number of allylic oxidation sites excluding steroid dienone is 4. The van der Waals surface area contributed by atoms with Crippen molar-refractivity contribution in [3.63, 3.8) is 0 Å². The lowest BCUT2D eigenvalue weighted by molar-refractivity contribution is 0.438. The molecule has 1 aliphatic carbocycles. The third kappa shape index (κ3) is 1.40. The molecule has 15 heavy (non-hydrogen) atoms. The molecule has 0 amide bonds. The molecule has 2 atom stereocenters. The van der Waals surface area contributed by atoms with Crippen LogP contribution in [0.2, 0.25) is 0 Å². The van der Waals surface area contributed by atoms with E-state index < -0.39 is 48.0 Å². The van der Waals surface area contributed by atoms with Crippen LogP contribution in [0.5, 0.6) is 0 Å². The van der Waals surface area contributed by atoms with Gasteiger partial charge in [-0.25, -0.2) is 23.5 Å². The summed E-state index contributed by atoms with van der Waals surface area (Å²) in [4.78, 5) is 23.9. The van der Waals surface area contributed by atoms with Gasteiger partial charge in [-0.2, -0.15) is 0 Å². The first-order valence-corrected chi connectivity index (χ1v) is 4.20. The molecule has 0 aromatic carbocycles. The van der Waals surface area contributed by atoms with Crippen LogP contribution >= 0.6 is 0 Å².